The number of ether oxygens (including phenoxy) is 1. The van der Waals surface area contributed by atoms with Gasteiger partial charge in [0.25, 0.3) is 5.91 Å². The van der Waals surface area contributed by atoms with Crippen LogP contribution in [0.1, 0.15) is 6.92 Å². The van der Waals surface area contributed by atoms with Gasteiger partial charge in [0.1, 0.15) is 18.4 Å². The van der Waals surface area contributed by atoms with Crippen molar-refractivity contribution in [2.75, 3.05) is 52.6 Å². The van der Waals surface area contributed by atoms with Crippen molar-refractivity contribution in [2.45, 2.75) is 17.9 Å². The molecule has 0 saturated carbocycles. The van der Waals surface area contributed by atoms with E-state index in [4.69, 9.17) is 9.94 Å². The van der Waals surface area contributed by atoms with Crippen LogP contribution in [0.4, 0.5) is 0 Å². The molecule has 1 saturated heterocycles. The molecule has 1 heterocycles. The monoisotopic (exact) mass is 488 g/mol. The number of nitrogens with one attached hydrogen (secondary N) is 1. The molecule has 2 N–H and O–H groups in total. The molecule has 1 aromatic carbocycles. The molecular formula is C19H28N4O7S2. The molecule has 0 spiro atoms. The van der Waals surface area contributed by atoms with Gasteiger partial charge in [0.15, 0.2) is 0 Å². The Balaban J connectivity index is 2.12. The van der Waals surface area contributed by atoms with Crippen LogP contribution in [0, 0.1) is 11.8 Å². The number of nitrogens with zero attached hydrogens (tertiary/aromatic N) is 3. The van der Waals surface area contributed by atoms with Gasteiger partial charge >= 0.3 is 0 Å². The molecule has 0 bridgehead atoms. The minimum Gasteiger partial charge on any atom is -0.481 e. The Bertz CT molecular complexity index is 1060. The second-order valence-corrected chi connectivity index (χ2v) is 11.2. The fourth-order valence-corrected chi connectivity index (χ4v) is 5.21. The van der Waals surface area contributed by atoms with Crippen LogP contribution < -0.4 is 10.2 Å². The van der Waals surface area contributed by atoms with E-state index < -0.39 is 32.0 Å². The van der Waals surface area contributed by atoms with Crippen LogP contribution in [0.3, 0.4) is 0 Å². The molecule has 32 heavy (non-hydrogen) atoms. The molecular weight excluding hydrogens is 460 g/mol. The van der Waals surface area contributed by atoms with Crippen molar-refractivity contribution < 1.29 is 31.6 Å². The van der Waals surface area contributed by atoms with Gasteiger partial charge < -0.3 is 4.74 Å². The number of amides is 1. The van der Waals surface area contributed by atoms with Gasteiger partial charge in [-0.05, 0) is 31.2 Å². The maximum Gasteiger partial charge on any atom is 0.262 e. The first-order chi connectivity index (χ1) is 15.0. The van der Waals surface area contributed by atoms with E-state index in [0.29, 0.717) is 5.75 Å². The van der Waals surface area contributed by atoms with Crippen LogP contribution in [0.15, 0.2) is 29.2 Å². The van der Waals surface area contributed by atoms with Crippen LogP contribution in [0.5, 0.6) is 5.75 Å². The Labute approximate surface area is 189 Å². The maximum absolute atomic E-state index is 13.0. The highest BCUT2D eigenvalue weighted by molar-refractivity contribution is 7.89. The van der Waals surface area contributed by atoms with E-state index >= 15 is 0 Å². The number of benzene rings is 1. The summed E-state index contributed by atoms with van der Waals surface area (Å²) in [7, 11) is -5.96. The van der Waals surface area contributed by atoms with Crippen molar-refractivity contribution in [3.05, 3.63) is 24.3 Å². The Morgan fingerprint density at radius 1 is 1.19 bits per heavy atom. The topological polar surface area (TPSA) is 137 Å². The van der Waals surface area contributed by atoms with E-state index in [1.165, 1.54) is 35.6 Å². The number of hydrogen-bond donors (Lipinski definition) is 2. The third-order valence-electron chi connectivity index (χ3n) is 5.05. The zero-order valence-electron chi connectivity index (χ0n) is 18.2. The lowest BCUT2D eigenvalue weighted by atomic mass is 10.2. The lowest BCUT2D eigenvalue weighted by molar-refractivity contribution is -0.135. The van der Waals surface area contributed by atoms with E-state index in [0.717, 1.165) is 10.6 Å². The minimum absolute atomic E-state index is 0.0129. The Morgan fingerprint density at radius 3 is 2.28 bits per heavy atom. The highest BCUT2D eigenvalue weighted by atomic mass is 32.2. The quantitative estimate of drug-likeness (QED) is 0.261. The molecule has 13 heteroatoms. The highest BCUT2D eigenvalue weighted by Gasteiger charge is 2.34. The second kappa shape index (κ2) is 11.1. The summed E-state index contributed by atoms with van der Waals surface area (Å²) < 4.78 is 57.0. The summed E-state index contributed by atoms with van der Waals surface area (Å²) in [6, 6.07) is 4.82. The van der Waals surface area contributed by atoms with Crippen molar-refractivity contribution in [1.29, 1.82) is 0 Å². The van der Waals surface area contributed by atoms with Crippen molar-refractivity contribution in [1.82, 2.24) is 19.0 Å². The highest BCUT2D eigenvalue weighted by Crippen LogP contribution is 2.20. The van der Waals surface area contributed by atoms with Gasteiger partial charge in [-0.15, -0.1) is 5.92 Å². The molecule has 178 valence electrons. The Kier molecular flexibility index (Phi) is 9.02. The molecule has 1 amide bonds. The number of likely N-dealkylation sites (N-methyl/N-ethyl adjacent to an activating group) is 1. The predicted octanol–water partition coefficient (Wildman–Crippen LogP) is -0.840. The summed E-state index contributed by atoms with van der Waals surface area (Å²) in [4.78, 5) is 13.9. The Hall–Kier alpha value is -2.21. The van der Waals surface area contributed by atoms with Crippen LogP contribution >= 0.6 is 0 Å². The maximum atomic E-state index is 13.0. The second-order valence-electron chi connectivity index (χ2n) is 7.16. The molecule has 0 aromatic heterocycles. The standard InChI is InChI=1S/C19H28N4O7S2/c1-4-5-14-30-16-6-8-17(9-7-16)32(28,29)21(2)15-18(19(24)20-25)22-10-12-23(13-11-22)31(3,26)27/h6-9,18,25H,10-15H2,1-3H3,(H,20,24). The summed E-state index contributed by atoms with van der Waals surface area (Å²) in [6.07, 6.45) is 1.11. The van der Waals surface area contributed by atoms with Gasteiger partial charge in [-0.1, -0.05) is 5.92 Å². The zero-order chi connectivity index (χ0) is 23.9. The number of hydroxylamine groups is 1. The van der Waals surface area contributed by atoms with Crippen LogP contribution in [-0.4, -0.2) is 100 Å². The third-order valence-corrected chi connectivity index (χ3v) is 8.19. The molecule has 0 aliphatic carbocycles. The number of rotatable bonds is 9. The first-order valence-corrected chi connectivity index (χ1v) is 13.0. The van der Waals surface area contributed by atoms with E-state index in [1.807, 2.05) is 0 Å². The fourth-order valence-electron chi connectivity index (χ4n) is 3.21. The average molecular weight is 489 g/mol. The van der Waals surface area contributed by atoms with Gasteiger partial charge in [0.2, 0.25) is 20.0 Å². The predicted molar refractivity (Wildman–Crippen MR) is 117 cm³/mol. The van der Waals surface area contributed by atoms with Gasteiger partial charge in [-0.25, -0.2) is 22.3 Å². The molecule has 0 radical (unpaired) electrons. The number of carbonyl (C=O) groups excluding carboxylic acids is 1. The van der Waals surface area contributed by atoms with Crippen LogP contribution in [0.2, 0.25) is 0 Å². The molecule has 1 aliphatic rings. The van der Waals surface area contributed by atoms with Gasteiger partial charge in [-0.2, -0.15) is 8.61 Å². The molecule has 2 rings (SSSR count). The van der Waals surface area contributed by atoms with Crippen LogP contribution in [0.25, 0.3) is 0 Å². The fraction of sp³-hybridized carbons (Fsp3) is 0.526. The largest absolute Gasteiger partial charge is 0.481 e. The van der Waals surface area contributed by atoms with Crippen molar-refractivity contribution in [3.8, 4) is 17.6 Å². The van der Waals surface area contributed by atoms with Crippen molar-refractivity contribution in [3.63, 3.8) is 0 Å². The van der Waals surface area contributed by atoms with Gasteiger partial charge in [0.05, 0.1) is 11.2 Å². The van der Waals surface area contributed by atoms with Crippen molar-refractivity contribution in [2.24, 2.45) is 0 Å². The first kappa shape index (κ1) is 26.0. The number of piperazine rings is 1. The van der Waals surface area contributed by atoms with Gasteiger partial charge in [-0.3, -0.25) is 14.9 Å². The van der Waals surface area contributed by atoms with E-state index in [-0.39, 0.29) is 44.2 Å². The molecule has 11 nitrogen and oxygen atoms in total. The number of sulfonamides is 2. The summed E-state index contributed by atoms with van der Waals surface area (Å²) >= 11 is 0. The summed E-state index contributed by atoms with van der Waals surface area (Å²) in [5.74, 6) is 5.13. The lowest BCUT2D eigenvalue weighted by Gasteiger charge is -2.38. The number of carbonyl (C=O) groups is 1. The van der Waals surface area contributed by atoms with Crippen LogP contribution in [-0.2, 0) is 24.8 Å². The van der Waals surface area contributed by atoms with E-state index in [9.17, 15) is 21.6 Å². The van der Waals surface area contributed by atoms with E-state index in [2.05, 4.69) is 11.8 Å². The molecule has 1 aromatic rings. The molecule has 1 atom stereocenters. The minimum atomic E-state index is -3.94. The first-order valence-electron chi connectivity index (χ1n) is 9.72. The van der Waals surface area contributed by atoms with E-state index in [1.54, 1.807) is 17.3 Å². The summed E-state index contributed by atoms with van der Waals surface area (Å²) in [5, 5.41) is 9.15. The zero-order valence-corrected chi connectivity index (χ0v) is 19.8. The summed E-state index contributed by atoms with van der Waals surface area (Å²) in [6.45, 7) is 2.38. The Morgan fingerprint density at radius 2 is 1.78 bits per heavy atom. The smallest absolute Gasteiger partial charge is 0.262 e. The third kappa shape index (κ3) is 6.64. The summed E-state index contributed by atoms with van der Waals surface area (Å²) in [5.41, 5.74) is 1.57. The molecule has 1 unspecified atom stereocenters. The van der Waals surface area contributed by atoms with Crippen molar-refractivity contribution >= 4 is 26.0 Å². The molecule has 1 aliphatic heterocycles. The van der Waals surface area contributed by atoms with Gasteiger partial charge in [0, 0.05) is 39.8 Å². The SMILES string of the molecule is CC#CCOc1ccc(S(=O)(=O)N(C)CC(C(=O)NO)N2CCN(S(C)(=O)=O)CC2)cc1. The molecule has 1 fully saturated rings. The lowest BCUT2D eigenvalue weighted by Crippen LogP contribution is -2.58. The number of hydrogen-bond acceptors (Lipinski definition) is 8. The average Bonchev–Trinajstić information content (AvgIpc) is 2.76. The normalized spacial score (nSPS) is 16.8.